The van der Waals surface area contributed by atoms with Crippen LogP contribution in [0.2, 0.25) is 0 Å². The highest BCUT2D eigenvalue weighted by Crippen LogP contribution is 2.29. The van der Waals surface area contributed by atoms with E-state index in [1.807, 2.05) is 4.90 Å². The van der Waals surface area contributed by atoms with Gasteiger partial charge in [0, 0.05) is 30.7 Å². The molecule has 1 aromatic rings. The van der Waals surface area contributed by atoms with Gasteiger partial charge in [0.2, 0.25) is 0 Å². The normalized spacial score (nSPS) is 15.0. The highest BCUT2D eigenvalue weighted by Gasteiger charge is 2.33. The topological polar surface area (TPSA) is 59.2 Å². The average molecular weight is 233 g/mol. The zero-order valence-corrected chi connectivity index (χ0v) is 10.4. The molecule has 0 radical (unpaired) electrons. The molecule has 0 bridgehead atoms. The summed E-state index contributed by atoms with van der Waals surface area (Å²) in [4.78, 5) is 18.3. The van der Waals surface area contributed by atoms with Gasteiger partial charge in [-0.05, 0) is 24.8 Å². The van der Waals surface area contributed by atoms with Gasteiger partial charge in [-0.3, -0.25) is 9.78 Å². The maximum atomic E-state index is 12.4. The van der Waals surface area contributed by atoms with Gasteiger partial charge in [-0.2, -0.15) is 0 Å². The van der Waals surface area contributed by atoms with Crippen LogP contribution in [0.3, 0.4) is 0 Å². The molecule has 1 aliphatic carbocycles. The van der Waals surface area contributed by atoms with Crippen molar-refractivity contribution in [3.05, 3.63) is 24.0 Å². The van der Waals surface area contributed by atoms with Gasteiger partial charge in [0.05, 0.1) is 5.56 Å². The van der Waals surface area contributed by atoms with E-state index < -0.39 is 0 Å². The third-order valence-corrected chi connectivity index (χ3v) is 2.90. The second-order valence-electron chi connectivity index (χ2n) is 5.05. The van der Waals surface area contributed by atoms with E-state index in [0.717, 1.165) is 19.4 Å². The molecular weight excluding hydrogens is 214 g/mol. The molecule has 0 aliphatic heterocycles. The van der Waals surface area contributed by atoms with Gasteiger partial charge in [-0.25, -0.2) is 0 Å². The van der Waals surface area contributed by atoms with Crippen molar-refractivity contribution in [1.29, 1.82) is 0 Å². The predicted molar refractivity (Wildman–Crippen MR) is 67.5 cm³/mol. The van der Waals surface area contributed by atoms with Gasteiger partial charge in [-0.15, -0.1) is 0 Å². The molecule has 0 unspecified atom stereocenters. The van der Waals surface area contributed by atoms with E-state index >= 15 is 0 Å². The van der Waals surface area contributed by atoms with Crippen LogP contribution < -0.4 is 5.73 Å². The van der Waals surface area contributed by atoms with Crippen LogP contribution in [0.15, 0.2) is 18.5 Å². The number of nitrogens with zero attached hydrogens (tertiary/aromatic N) is 2. The van der Waals surface area contributed by atoms with Crippen LogP contribution in [0.25, 0.3) is 0 Å². The maximum absolute atomic E-state index is 12.4. The van der Waals surface area contributed by atoms with Gasteiger partial charge >= 0.3 is 0 Å². The number of pyridine rings is 1. The lowest BCUT2D eigenvalue weighted by molar-refractivity contribution is 0.0723. The highest BCUT2D eigenvalue weighted by atomic mass is 16.2. The lowest BCUT2D eigenvalue weighted by Gasteiger charge is -2.24. The Kier molecular flexibility index (Phi) is 3.31. The summed E-state index contributed by atoms with van der Waals surface area (Å²) in [7, 11) is 0. The van der Waals surface area contributed by atoms with Crippen molar-refractivity contribution in [2.24, 2.45) is 5.92 Å². The molecule has 92 valence electrons. The van der Waals surface area contributed by atoms with Crippen molar-refractivity contribution in [1.82, 2.24) is 9.88 Å². The Bertz CT molecular complexity index is 413. The van der Waals surface area contributed by atoms with Gasteiger partial charge in [0.1, 0.15) is 0 Å². The van der Waals surface area contributed by atoms with Crippen LogP contribution in [-0.4, -0.2) is 28.4 Å². The van der Waals surface area contributed by atoms with Crippen molar-refractivity contribution in [2.45, 2.75) is 32.7 Å². The summed E-state index contributed by atoms with van der Waals surface area (Å²) in [6, 6.07) is 2.08. The van der Waals surface area contributed by atoms with E-state index in [1.54, 1.807) is 18.5 Å². The maximum Gasteiger partial charge on any atom is 0.257 e. The molecule has 0 aromatic carbocycles. The van der Waals surface area contributed by atoms with Crippen molar-refractivity contribution < 1.29 is 4.79 Å². The quantitative estimate of drug-likeness (QED) is 0.864. The van der Waals surface area contributed by atoms with Crippen molar-refractivity contribution in [3.63, 3.8) is 0 Å². The zero-order chi connectivity index (χ0) is 12.4. The second kappa shape index (κ2) is 4.73. The van der Waals surface area contributed by atoms with Gasteiger partial charge in [-0.1, -0.05) is 13.8 Å². The Morgan fingerprint density at radius 1 is 1.59 bits per heavy atom. The van der Waals surface area contributed by atoms with Gasteiger partial charge < -0.3 is 10.6 Å². The minimum Gasteiger partial charge on any atom is -0.398 e. The second-order valence-corrected chi connectivity index (χ2v) is 5.05. The standard InChI is InChI=1S/C13H19N3O/c1-9(2)8-16(10-3-4-10)13(17)11-7-15-6-5-12(11)14/h5-7,9-10H,3-4,8H2,1-2H3,(H2,14,15). The summed E-state index contributed by atoms with van der Waals surface area (Å²) in [6.07, 6.45) is 5.39. The number of rotatable bonds is 4. The number of anilines is 1. The lowest BCUT2D eigenvalue weighted by atomic mass is 10.1. The Balaban J connectivity index is 2.19. The summed E-state index contributed by atoms with van der Waals surface area (Å²) in [6.45, 7) is 5.03. The third kappa shape index (κ3) is 2.75. The smallest absolute Gasteiger partial charge is 0.257 e. The number of aromatic nitrogens is 1. The van der Waals surface area contributed by atoms with Crippen LogP contribution in [0.5, 0.6) is 0 Å². The molecule has 17 heavy (non-hydrogen) atoms. The minimum atomic E-state index is 0.0202. The van der Waals surface area contributed by atoms with Crippen LogP contribution >= 0.6 is 0 Å². The molecule has 2 rings (SSSR count). The molecule has 1 saturated carbocycles. The Morgan fingerprint density at radius 2 is 2.29 bits per heavy atom. The van der Waals surface area contributed by atoms with Crippen molar-refractivity contribution in [2.75, 3.05) is 12.3 Å². The van der Waals surface area contributed by atoms with Crippen LogP contribution in [0.1, 0.15) is 37.0 Å². The largest absolute Gasteiger partial charge is 0.398 e. The molecule has 0 saturated heterocycles. The average Bonchev–Trinajstić information content (AvgIpc) is 3.09. The Hall–Kier alpha value is -1.58. The molecule has 1 aliphatic rings. The van der Waals surface area contributed by atoms with E-state index in [2.05, 4.69) is 18.8 Å². The number of carbonyl (C=O) groups is 1. The molecule has 0 atom stereocenters. The zero-order valence-electron chi connectivity index (χ0n) is 10.4. The summed E-state index contributed by atoms with van der Waals surface area (Å²) in [5.74, 6) is 0.490. The fourth-order valence-electron chi connectivity index (χ4n) is 1.92. The summed E-state index contributed by atoms with van der Waals surface area (Å²) < 4.78 is 0. The van der Waals surface area contributed by atoms with Crippen LogP contribution in [0.4, 0.5) is 5.69 Å². The fourth-order valence-corrected chi connectivity index (χ4v) is 1.92. The highest BCUT2D eigenvalue weighted by molar-refractivity contribution is 5.99. The first-order valence-electron chi connectivity index (χ1n) is 6.10. The molecule has 1 aromatic heterocycles. The third-order valence-electron chi connectivity index (χ3n) is 2.90. The van der Waals surface area contributed by atoms with E-state index in [9.17, 15) is 4.79 Å². The minimum absolute atomic E-state index is 0.0202. The SMILES string of the molecule is CC(C)CN(C(=O)c1cnccc1N)C1CC1. The first-order valence-corrected chi connectivity index (χ1v) is 6.10. The monoisotopic (exact) mass is 233 g/mol. The molecule has 1 amide bonds. The summed E-state index contributed by atoms with van der Waals surface area (Å²) in [5, 5.41) is 0. The van der Waals surface area contributed by atoms with E-state index in [1.165, 1.54) is 0 Å². The van der Waals surface area contributed by atoms with Crippen LogP contribution in [0, 0.1) is 5.92 Å². The van der Waals surface area contributed by atoms with E-state index in [0.29, 0.717) is 23.2 Å². The molecule has 1 heterocycles. The molecule has 4 nitrogen and oxygen atoms in total. The van der Waals surface area contributed by atoms with Crippen molar-refractivity contribution >= 4 is 11.6 Å². The first-order chi connectivity index (χ1) is 8.09. The van der Waals surface area contributed by atoms with Gasteiger partial charge in [0.15, 0.2) is 0 Å². The first kappa shape index (κ1) is 11.9. The molecule has 2 N–H and O–H groups in total. The van der Waals surface area contributed by atoms with E-state index in [-0.39, 0.29) is 5.91 Å². The van der Waals surface area contributed by atoms with Gasteiger partial charge in [0.25, 0.3) is 5.91 Å². The number of carbonyl (C=O) groups excluding carboxylic acids is 1. The predicted octanol–water partition coefficient (Wildman–Crippen LogP) is 1.92. The number of nitrogen functional groups attached to an aromatic ring is 1. The lowest BCUT2D eigenvalue weighted by Crippen LogP contribution is -2.36. The number of hydrogen-bond donors (Lipinski definition) is 1. The Morgan fingerprint density at radius 3 is 2.82 bits per heavy atom. The van der Waals surface area contributed by atoms with Crippen molar-refractivity contribution in [3.8, 4) is 0 Å². The molecule has 1 fully saturated rings. The number of amides is 1. The summed E-state index contributed by atoms with van der Waals surface area (Å²) in [5.41, 5.74) is 6.86. The number of nitrogens with two attached hydrogens (primary N) is 1. The number of hydrogen-bond acceptors (Lipinski definition) is 3. The fraction of sp³-hybridized carbons (Fsp3) is 0.538. The Labute approximate surface area is 102 Å². The molecule has 4 heteroatoms. The molecular formula is C13H19N3O. The molecule has 0 spiro atoms. The summed E-state index contributed by atoms with van der Waals surface area (Å²) >= 11 is 0. The van der Waals surface area contributed by atoms with E-state index in [4.69, 9.17) is 5.73 Å². The van der Waals surface area contributed by atoms with Crippen LogP contribution in [-0.2, 0) is 0 Å².